The normalized spacial score (nSPS) is 7.05. The molecule has 0 aliphatic heterocycles. The number of carbonyl (C=O) groups is 4. The molecular formula is C12H20HfO8. The molecule has 0 unspecified atom stereocenters. The Morgan fingerprint density at radius 2 is 0.571 bits per heavy atom. The van der Waals surface area contributed by atoms with Crippen LogP contribution in [0.1, 0.15) is 25.7 Å². The Morgan fingerprint density at radius 3 is 0.571 bits per heavy atom. The first-order valence-electron chi connectivity index (χ1n) is 5.13. The third kappa shape index (κ3) is 115. The van der Waals surface area contributed by atoms with Gasteiger partial charge in [0.25, 0.3) is 23.9 Å². The third-order valence-corrected chi connectivity index (χ3v) is 0.855. The van der Waals surface area contributed by atoms with Gasteiger partial charge in [-0.15, -0.1) is 0 Å². The molecular weight excluding hydrogens is 451 g/mol. The summed E-state index contributed by atoms with van der Waals surface area (Å²) in [6.45, 7) is 12.3. The molecule has 0 radical (unpaired) electrons. The third-order valence-electron chi connectivity index (χ3n) is 0.855. The summed E-state index contributed by atoms with van der Waals surface area (Å²) < 4.78 is 0. The Labute approximate surface area is 143 Å². The van der Waals surface area contributed by atoms with Gasteiger partial charge in [0, 0.05) is 0 Å². The summed E-state index contributed by atoms with van der Waals surface area (Å²) in [7, 11) is 0. The SMILES string of the molecule is [CH2-]CC(=O)O.[CH2-]CC(=O)O.[CH2-]CC(=O)O.[CH2-]CC(=O)O.[Hf+4]. The van der Waals surface area contributed by atoms with Gasteiger partial charge in [0.1, 0.15) is 0 Å². The minimum Gasteiger partial charge on any atom is -0.483 e. The van der Waals surface area contributed by atoms with Gasteiger partial charge in [-0.05, 0) is 0 Å². The minimum atomic E-state index is -0.856. The molecule has 0 heterocycles. The fourth-order valence-corrected chi connectivity index (χ4v) is 0. The van der Waals surface area contributed by atoms with E-state index in [1.165, 1.54) is 0 Å². The van der Waals surface area contributed by atoms with Crippen LogP contribution >= 0.6 is 0 Å². The molecule has 0 aromatic rings. The first-order chi connectivity index (χ1) is 9.08. The van der Waals surface area contributed by atoms with E-state index in [1.54, 1.807) is 0 Å². The molecule has 0 saturated carbocycles. The largest absolute Gasteiger partial charge is 4.00 e. The molecule has 9 heteroatoms. The molecule has 21 heavy (non-hydrogen) atoms. The van der Waals surface area contributed by atoms with Gasteiger partial charge in [0.2, 0.25) is 0 Å². The molecule has 0 aliphatic rings. The fourth-order valence-electron chi connectivity index (χ4n) is 0. The van der Waals surface area contributed by atoms with Crippen molar-refractivity contribution in [3.8, 4) is 0 Å². The second-order valence-corrected chi connectivity index (χ2v) is 2.57. The fraction of sp³-hybridized carbons (Fsp3) is 0.333. The second kappa shape index (κ2) is 27.2. The minimum absolute atomic E-state index is 0. The maximum Gasteiger partial charge on any atom is 4.00 e. The summed E-state index contributed by atoms with van der Waals surface area (Å²) in [4.78, 5) is 37.2. The second-order valence-electron chi connectivity index (χ2n) is 2.57. The van der Waals surface area contributed by atoms with Crippen molar-refractivity contribution in [2.24, 2.45) is 0 Å². The zero-order chi connectivity index (χ0) is 17.1. The predicted octanol–water partition coefficient (Wildman–Crippen LogP) is 1.18. The Morgan fingerprint density at radius 1 is 0.524 bits per heavy atom. The van der Waals surface area contributed by atoms with E-state index in [9.17, 15) is 19.2 Å². The molecule has 0 aromatic carbocycles. The zero-order valence-corrected chi connectivity index (χ0v) is 15.2. The molecule has 0 aliphatic carbocycles. The standard InChI is InChI=1S/4C3H5O2.Hf/c4*1-2-3(4)5;/h4*1-2H2,(H,4,5);/q4*-1;+4. The summed E-state index contributed by atoms with van der Waals surface area (Å²) in [5.41, 5.74) is 0. The van der Waals surface area contributed by atoms with Crippen LogP contribution in [0.2, 0.25) is 0 Å². The van der Waals surface area contributed by atoms with E-state index < -0.39 is 23.9 Å². The van der Waals surface area contributed by atoms with Crippen LogP contribution in [0.4, 0.5) is 0 Å². The maximum atomic E-state index is 9.31. The van der Waals surface area contributed by atoms with E-state index >= 15 is 0 Å². The molecule has 0 atom stereocenters. The van der Waals surface area contributed by atoms with Crippen LogP contribution < -0.4 is 0 Å². The van der Waals surface area contributed by atoms with Gasteiger partial charge in [-0.1, -0.05) is 25.7 Å². The number of aliphatic carboxylic acids is 4. The van der Waals surface area contributed by atoms with Crippen molar-refractivity contribution in [3.05, 3.63) is 27.7 Å². The molecule has 0 aromatic heterocycles. The molecule has 0 spiro atoms. The van der Waals surface area contributed by atoms with Gasteiger partial charge < -0.3 is 48.1 Å². The van der Waals surface area contributed by atoms with E-state index in [2.05, 4.69) is 27.7 Å². The number of carboxylic acids is 4. The maximum absolute atomic E-state index is 9.31. The number of rotatable bonds is 4. The molecule has 0 fully saturated rings. The van der Waals surface area contributed by atoms with Crippen LogP contribution in [0.15, 0.2) is 0 Å². The van der Waals surface area contributed by atoms with Crippen molar-refractivity contribution >= 4 is 23.9 Å². The molecule has 0 amide bonds. The van der Waals surface area contributed by atoms with Crippen molar-refractivity contribution in [1.82, 2.24) is 0 Å². The summed E-state index contributed by atoms with van der Waals surface area (Å²) in [5, 5.41) is 30.6. The van der Waals surface area contributed by atoms with Crippen molar-refractivity contribution in [2.45, 2.75) is 25.7 Å². The van der Waals surface area contributed by atoms with Crippen LogP contribution in [0.3, 0.4) is 0 Å². The smallest absolute Gasteiger partial charge is 0.483 e. The zero-order valence-electron chi connectivity index (χ0n) is 11.6. The first-order valence-corrected chi connectivity index (χ1v) is 5.13. The van der Waals surface area contributed by atoms with Gasteiger partial charge in [-0.2, -0.15) is 0 Å². The molecule has 8 nitrogen and oxygen atoms in total. The van der Waals surface area contributed by atoms with E-state index in [-0.39, 0.29) is 51.5 Å². The number of hydrogen-bond donors (Lipinski definition) is 4. The van der Waals surface area contributed by atoms with Crippen LogP contribution in [-0.2, 0) is 45.0 Å². The van der Waals surface area contributed by atoms with Crippen molar-refractivity contribution in [2.75, 3.05) is 0 Å². The van der Waals surface area contributed by atoms with Gasteiger partial charge in [0.05, 0.1) is 0 Å². The molecule has 4 N–H and O–H groups in total. The summed E-state index contributed by atoms with van der Waals surface area (Å²) in [6.07, 6.45) is -0.111. The van der Waals surface area contributed by atoms with Crippen molar-refractivity contribution < 1.29 is 65.4 Å². The van der Waals surface area contributed by atoms with E-state index in [1.807, 2.05) is 0 Å². The summed E-state index contributed by atoms with van der Waals surface area (Å²) >= 11 is 0. The van der Waals surface area contributed by atoms with Crippen molar-refractivity contribution in [3.63, 3.8) is 0 Å². The van der Waals surface area contributed by atoms with Gasteiger partial charge in [0.15, 0.2) is 0 Å². The van der Waals surface area contributed by atoms with Crippen LogP contribution in [0, 0.1) is 27.7 Å². The topological polar surface area (TPSA) is 149 Å². The number of carboxylic acid groups (broad SMARTS) is 4. The average Bonchev–Trinajstić information content (AvgIpc) is 2.40. The molecule has 0 bridgehead atoms. The Kier molecular flexibility index (Phi) is 41.3. The summed E-state index contributed by atoms with van der Waals surface area (Å²) in [6, 6.07) is 0. The predicted molar refractivity (Wildman–Crippen MR) is 70.4 cm³/mol. The molecule has 0 rings (SSSR count). The van der Waals surface area contributed by atoms with Crippen LogP contribution in [-0.4, -0.2) is 44.3 Å². The Hall–Kier alpha value is -1.25. The number of hydrogen-bond acceptors (Lipinski definition) is 4. The molecule has 0 saturated heterocycles. The monoisotopic (exact) mass is 472 g/mol. The van der Waals surface area contributed by atoms with Crippen molar-refractivity contribution in [1.29, 1.82) is 0 Å². The van der Waals surface area contributed by atoms with E-state index in [0.29, 0.717) is 0 Å². The van der Waals surface area contributed by atoms with Gasteiger partial charge >= 0.3 is 25.8 Å². The first kappa shape index (κ1) is 31.9. The van der Waals surface area contributed by atoms with Gasteiger partial charge in [-0.25, -0.2) is 0 Å². The van der Waals surface area contributed by atoms with E-state index in [0.717, 1.165) is 0 Å². The summed E-state index contributed by atoms with van der Waals surface area (Å²) in [5.74, 6) is -3.43. The Balaban J connectivity index is -0.0000000533. The van der Waals surface area contributed by atoms with Crippen LogP contribution in [0.25, 0.3) is 0 Å². The van der Waals surface area contributed by atoms with E-state index in [4.69, 9.17) is 20.4 Å². The van der Waals surface area contributed by atoms with Crippen LogP contribution in [0.5, 0.6) is 0 Å². The molecule has 120 valence electrons. The average molecular weight is 471 g/mol. The van der Waals surface area contributed by atoms with Gasteiger partial charge in [-0.3, -0.25) is 19.2 Å². The Bertz CT molecular complexity index is 222. The quantitative estimate of drug-likeness (QED) is 0.353.